The van der Waals surface area contributed by atoms with Gasteiger partial charge in [0.15, 0.2) is 6.10 Å². The zero-order valence-electron chi connectivity index (χ0n) is 9.00. The van der Waals surface area contributed by atoms with Gasteiger partial charge in [-0.1, -0.05) is 20.8 Å². The molecule has 0 heterocycles. The minimum absolute atomic E-state index is 0.170. The Kier molecular flexibility index (Phi) is 6.59. The number of esters is 1. The minimum atomic E-state index is -0.394. The molecule has 0 fully saturated rings. The predicted octanol–water partition coefficient (Wildman–Crippen LogP) is 2.14. The SMILES string of the molecule is CCC(CC)OC(CC)C(=O)OC. The number of methoxy groups -OCH3 is 1. The summed E-state index contributed by atoms with van der Waals surface area (Å²) in [5.74, 6) is -0.269. The van der Waals surface area contributed by atoms with Gasteiger partial charge in [0.05, 0.1) is 13.2 Å². The van der Waals surface area contributed by atoms with Crippen LogP contribution in [0, 0.1) is 0 Å². The van der Waals surface area contributed by atoms with Gasteiger partial charge in [-0.05, 0) is 19.3 Å². The first-order valence-electron chi connectivity index (χ1n) is 4.92. The largest absolute Gasteiger partial charge is 0.467 e. The summed E-state index contributed by atoms with van der Waals surface area (Å²) in [4.78, 5) is 11.2. The maximum Gasteiger partial charge on any atom is 0.334 e. The lowest BCUT2D eigenvalue weighted by molar-refractivity contribution is -0.158. The lowest BCUT2D eigenvalue weighted by Crippen LogP contribution is -2.29. The van der Waals surface area contributed by atoms with Crippen molar-refractivity contribution in [2.45, 2.75) is 52.2 Å². The molecule has 0 spiro atoms. The Labute approximate surface area is 80.4 Å². The average Bonchev–Trinajstić information content (AvgIpc) is 2.19. The smallest absolute Gasteiger partial charge is 0.334 e. The summed E-state index contributed by atoms with van der Waals surface area (Å²) in [7, 11) is 1.39. The Bertz CT molecular complexity index is 141. The summed E-state index contributed by atoms with van der Waals surface area (Å²) < 4.78 is 10.2. The van der Waals surface area contributed by atoms with Crippen LogP contribution in [-0.2, 0) is 14.3 Å². The Morgan fingerprint density at radius 2 is 1.69 bits per heavy atom. The van der Waals surface area contributed by atoms with Crippen LogP contribution in [-0.4, -0.2) is 25.3 Å². The van der Waals surface area contributed by atoms with Gasteiger partial charge in [0, 0.05) is 0 Å². The van der Waals surface area contributed by atoms with Crippen molar-refractivity contribution in [1.82, 2.24) is 0 Å². The first kappa shape index (κ1) is 12.4. The normalized spacial score (nSPS) is 13.0. The zero-order valence-corrected chi connectivity index (χ0v) is 9.00. The first-order chi connectivity index (χ1) is 6.19. The van der Waals surface area contributed by atoms with Crippen LogP contribution in [0.1, 0.15) is 40.0 Å². The Morgan fingerprint density at radius 1 is 1.15 bits per heavy atom. The van der Waals surface area contributed by atoms with E-state index in [1.807, 2.05) is 6.92 Å². The molecule has 3 nitrogen and oxygen atoms in total. The van der Waals surface area contributed by atoms with Gasteiger partial charge in [-0.2, -0.15) is 0 Å². The monoisotopic (exact) mass is 188 g/mol. The van der Waals surface area contributed by atoms with E-state index in [-0.39, 0.29) is 12.1 Å². The van der Waals surface area contributed by atoms with Crippen molar-refractivity contribution in [3.05, 3.63) is 0 Å². The predicted molar refractivity (Wildman–Crippen MR) is 51.6 cm³/mol. The van der Waals surface area contributed by atoms with Crippen molar-refractivity contribution in [2.75, 3.05) is 7.11 Å². The van der Waals surface area contributed by atoms with Gasteiger partial charge < -0.3 is 9.47 Å². The molecular weight excluding hydrogens is 168 g/mol. The molecule has 0 aliphatic heterocycles. The molecule has 1 atom stereocenters. The highest BCUT2D eigenvalue weighted by Gasteiger charge is 2.20. The molecule has 0 saturated carbocycles. The molecule has 0 amide bonds. The van der Waals surface area contributed by atoms with Crippen molar-refractivity contribution in [1.29, 1.82) is 0 Å². The second-order valence-corrected chi connectivity index (χ2v) is 2.99. The van der Waals surface area contributed by atoms with E-state index < -0.39 is 6.10 Å². The van der Waals surface area contributed by atoms with Crippen molar-refractivity contribution < 1.29 is 14.3 Å². The Balaban J connectivity index is 4.02. The van der Waals surface area contributed by atoms with Crippen LogP contribution in [0.4, 0.5) is 0 Å². The molecule has 78 valence electrons. The van der Waals surface area contributed by atoms with Crippen LogP contribution in [0.3, 0.4) is 0 Å². The highest BCUT2D eigenvalue weighted by Crippen LogP contribution is 2.10. The fraction of sp³-hybridized carbons (Fsp3) is 0.900. The first-order valence-corrected chi connectivity index (χ1v) is 4.92. The van der Waals surface area contributed by atoms with Gasteiger partial charge >= 0.3 is 5.97 Å². The molecule has 0 saturated heterocycles. The van der Waals surface area contributed by atoms with Gasteiger partial charge in [-0.15, -0.1) is 0 Å². The highest BCUT2D eigenvalue weighted by molar-refractivity contribution is 5.74. The quantitative estimate of drug-likeness (QED) is 0.599. The van der Waals surface area contributed by atoms with Crippen LogP contribution in [0.2, 0.25) is 0 Å². The second kappa shape index (κ2) is 6.89. The molecule has 1 unspecified atom stereocenters. The highest BCUT2D eigenvalue weighted by atomic mass is 16.6. The molecule has 0 aliphatic carbocycles. The van der Waals surface area contributed by atoms with E-state index >= 15 is 0 Å². The van der Waals surface area contributed by atoms with Crippen LogP contribution in [0.15, 0.2) is 0 Å². The Hall–Kier alpha value is -0.570. The van der Waals surface area contributed by atoms with Crippen molar-refractivity contribution in [3.63, 3.8) is 0 Å². The molecular formula is C10H20O3. The molecule has 0 aliphatic rings. The average molecular weight is 188 g/mol. The summed E-state index contributed by atoms with van der Waals surface area (Å²) in [6.45, 7) is 6.03. The molecule has 0 rings (SSSR count). The summed E-state index contributed by atoms with van der Waals surface area (Å²) in [6.07, 6.45) is 2.32. The number of ether oxygens (including phenoxy) is 2. The van der Waals surface area contributed by atoms with Crippen LogP contribution >= 0.6 is 0 Å². The number of rotatable bonds is 6. The van der Waals surface area contributed by atoms with Crippen LogP contribution in [0.5, 0.6) is 0 Å². The summed E-state index contributed by atoms with van der Waals surface area (Å²) in [6, 6.07) is 0. The third-order valence-electron chi connectivity index (χ3n) is 2.10. The molecule has 0 bridgehead atoms. The van der Waals surface area contributed by atoms with E-state index in [1.54, 1.807) is 0 Å². The fourth-order valence-corrected chi connectivity index (χ4v) is 1.16. The molecule has 13 heavy (non-hydrogen) atoms. The summed E-state index contributed by atoms with van der Waals surface area (Å²) >= 11 is 0. The second-order valence-electron chi connectivity index (χ2n) is 2.99. The molecule has 0 radical (unpaired) electrons. The van der Waals surface area contributed by atoms with E-state index in [2.05, 4.69) is 18.6 Å². The maximum atomic E-state index is 11.2. The topological polar surface area (TPSA) is 35.5 Å². The molecule has 0 aromatic carbocycles. The van der Waals surface area contributed by atoms with Gasteiger partial charge in [0.2, 0.25) is 0 Å². The number of hydrogen-bond acceptors (Lipinski definition) is 3. The van der Waals surface area contributed by atoms with Gasteiger partial charge in [0.25, 0.3) is 0 Å². The third-order valence-corrected chi connectivity index (χ3v) is 2.10. The minimum Gasteiger partial charge on any atom is -0.467 e. The third kappa shape index (κ3) is 4.27. The van der Waals surface area contributed by atoms with Gasteiger partial charge in [0.1, 0.15) is 0 Å². The van der Waals surface area contributed by atoms with Crippen molar-refractivity contribution in [3.8, 4) is 0 Å². The van der Waals surface area contributed by atoms with E-state index in [1.165, 1.54) is 7.11 Å². The number of carbonyl (C=O) groups excluding carboxylic acids is 1. The lowest BCUT2D eigenvalue weighted by atomic mass is 10.2. The number of carbonyl (C=O) groups is 1. The molecule has 0 aromatic heterocycles. The van der Waals surface area contributed by atoms with Crippen molar-refractivity contribution >= 4 is 5.97 Å². The van der Waals surface area contributed by atoms with Crippen LogP contribution in [0.25, 0.3) is 0 Å². The maximum absolute atomic E-state index is 11.2. The standard InChI is InChI=1S/C10H20O3/c1-5-8(6-2)13-9(7-3)10(11)12-4/h8-9H,5-7H2,1-4H3. The lowest BCUT2D eigenvalue weighted by Gasteiger charge is -2.20. The van der Waals surface area contributed by atoms with E-state index in [0.717, 1.165) is 12.8 Å². The summed E-state index contributed by atoms with van der Waals surface area (Å²) in [5, 5.41) is 0. The number of hydrogen-bond donors (Lipinski definition) is 0. The van der Waals surface area contributed by atoms with Crippen LogP contribution < -0.4 is 0 Å². The zero-order chi connectivity index (χ0) is 10.3. The van der Waals surface area contributed by atoms with Gasteiger partial charge in [-0.3, -0.25) is 0 Å². The van der Waals surface area contributed by atoms with E-state index in [0.29, 0.717) is 6.42 Å². The molecule has 0 N–H and O–H groups in total. The summed E-state index contributed by atoms with van der Waals surface area (Å²) in [5.41, 5.74) is 0. The van der Waals surface area contributed by atoms with Crippen molar-refractivity contribution in [2.24, 2.45) is 0 Å². The van der Waals surface area contributed by atoms with E-state index in [9.17, 15) is 4.79 Å². The Morgan fingerprint density at radius 3 is 2.00 bits per heavy atom. The van der Waals surface area contributed by atoms with Gasteiger partial charge in [-0.25, -0.2) is 4.79 Å². The molecule has 3 heteroatoms. The molecule has 0 aromatic rings. The van der Waals surface area contributed by atoms with E-state index in [4.69, 9.17) is 4.74 Å². The fourth-order valence-electron chi connectivity index (χ4n) is 1.16.